The Labute approximate surface area is 228 Å². The minimum Gasteiger partial charge on any atom is -0.379 e. The van der Waals surface area contributed by atoms with E-state index in [2.05, 4.69) is 30.3 Å². The van der Waals surface area contributed by atoms with Crippen molar-refractivity contribution in [2.24, 2.45) is 0 Å². The molecule has 1 saturated carbocycles. The Morgan fingerprint density at radius 2 is 1.95 bits per heavy atom. The fourth-order valence-corrected chi connectivity index (χ4v) is 5.70. The SMILES string of the molecule is C[C@@H](NC(=O)c1cnn2ccc(-c3c[nH]c4ncnc(N[C@H]5CC[C@H](N6CCOCC6)CC5)c34)cc12)C(F)(F)F. The fourth-order valence-electron chi connectivity index (χ4n) is 5.70. The molecule has 6 rings (SSSR count). The Balaban J connectivity index is 1.24. The maximum absolute atomic E-state index is 13.0. The zero-order valence-corrected chi connectivity index (χ0v) is 22.0. The van der Waals surface area contributed by atoms with Gasteiger partial charge in [0.25, 0.3) is 5.91 Å². The Kier molecular flexibility index (Phi) is 7.09. The molecule has 10 nitrogen and oxygen atoms in total. The van der Waals surface area contributed by atoms with E-state index in [4.69, 9.17) is 4.74 Å². The second-order valence-corrected chi connectivity index (χ2v) is 10.5. The molecule has 4 aromatic rings. The van der Waals surface area contributed by atoms with Crippen molar-refractivity contribution < 1.29 is 22.7 Å². The highest BCUT2D eigenvalue weighted by Crippen LogP contribution is 2.35. The van der Waals surface area contributed by atoms with Crippen molar-refractivity contribution >= 4 is 28.3 Å². The average molecular weight is 557 g/mol. The minimum atomic E-state index is -4.54. The average Bonchev–Trinajstić information content (AvgIpc) is 3.58. The molecule has 4 aromatic heterocycles. The van der Waals surface area contributed by atoms with Gasteiger partial charge in [-0.2, -0.15) is 18.3 Å². The molecule has 0 bridgehead atoms. The van der Waals surface area contributed by atoms with E-state index in [-0.39, 0.29) is 11.6 Å². The molecule has 1 atom stereocenters. The number of carbonyl (C=O) groups excluding carboxylic acids is 1. The van der Waals surface area contributed by atoms with E-state index in [9.17, 15) is 18.0 Å². The molecule has 212 valence electrons. The van der Waals surface area contributed by atoms with Crippen LogP contribution in [0.15, 0.2) is 37.1 Å². The van der Waals surface area contributed by atoms with Crippen LogP contribution < -0.4 is 10.6 Å². The molecule has 1 saturated heterocycles. The molecule has 2 aliphatic rings. The fraction of sp³-hybridized carbons (Fsp3) is 0.481. The topological polar surface area (TPSA) is 112 Å². The second-order valence-electron chi connectivity index (χ2n) is 10.5. The maximum Gasteiger partial charge on any atom is 0.408 e. The summed E-state index contributed by atoms with van der Waals surface area (Å²) in [7, 11) is 0. The van der Waals surface area contributed by atoms with E-state index < -0.39 is 18.1 Å². The molecular formula is C27H31F3N8O2. The standard InChI is InChI=1S/C27H31F3N8O2/c1-16(27(28,29)30)35-26(39)21-14-34-38-7-6-17(12-22(21)38)20-13-31-24-23(20)25(33-15-32-24)36-18-2-4-19(5-3-18)37-8-10-40-11-9-37/h6-7,12-16,18-19H,2-5,8-11H2,1H3,(H,35,39)(H2,31,32,33,36)/t16-,18-,19-/m1/s1. The zero-order valence-electron chi connectivity index (χ0n) is 22.0. The number of nitrogens with one attached hydrogen (secondary N) is 3. The normalized spacial score (nSPS) is 21.5. The molecule has 0 aromatic carbocycles. The molecule has 1 aliphatic carbocycles. The minimum absolute atomic E-state index is 0.0596. The summed E-state index contributed by atoms with van der Waals surface area (Å²) in [6.07, 6.45) is 6.05. The van der Waals surface area contributed by atoms with E-state index in [1.165, 1.54) is 17.0 Å². The number of nitrogens with zero attached hydrogens (tertiary/aromatic N) is 5. The van der Waals surface area contributed by atoms with Gasteiger partial charge in [0.05, 0.1) is 35.9 Å². The quantitative estimate of drug-likeness (QED) is 0.329. The molecule has 0 unspecified atom stereocenters. The van der Waals surface area contributed by atoms with Crippen LogP contribution in [0.3, 0.4) is 0 Å². The Morgan fingerprint density at radius 3 is 2.70 bits per heavy atom. The molecule has 3 N–H and O–H groups in total. The maximum atomic E-state index is 13.0. The number of hydrogen-bond acceptors (Lipinski definition) is 7. The summed E-state index contributed by atoms with van der Waals surface area (Å²) in [4.78, 5) is 27.4. The molecular weight excluding hydrogens is 525 g/mol. The largest absolute Gasteiger partial charge is 0.408 e. The first-order valence-electron chi connectivity index (χ1n) is 13.5. The zero-order chi connectivity index (χ0) is 27.9. The van der Waals surface area contributed by atoms with Crippen LogP contribution in [0.1, 0.15) is 43.0 Å². The summed E-state index contributed by atoms with van der Waals surface area (Å²) in [6, 6.07) is 2.46. The van der Waals surface area contributed by atoms with Gasteiger partial charge in [0.15, 0.2) is 0 Å². The Morgan fingerprint density at radius 1 is 1.18 bits per heavy atom. The number of H-pyrrole nitrogens is 1. The summed E-state index contributed by atoms with van der Waals surface area (Å²) in [5, 5.41) is 10.6. The number of pyridine rings is 1. The number of aromatic amines is 1. The van der Waals surface area contributed by atoms with Gasteiger partial charge in [-0.05, 0) is 50.3 Å². The number of ether oxygens (including phenoxy) is 1. The first-order chi connectivity index (χ1) is 19.3. The van der Waals surface area contributed by atoms with Crippen LogP contribution in [-0.2, 0) is 4.74 Å². The van der Waals surface area contributed by atoms with Crippen LogP contribution in [0, 0.1) is 0 Å². The number of halogens is 3. The van der Waals surface area contributed by atoms with Crippen molar-refractivity contribution in [3.8, 4) is 11.1 Å². The van der Waals surface area contributed by atoms with Crippen LogP contribution in [0.5, 0.6) is 0 Å². The van der Waals surface area contributed by atoms with Crippen molar-refractivity contribution in [2.45, 2.75) is 56.9 Å². The van der Waals surface area contributed by atoms with Crippen molar-refractivity contribution in [1.82, 2.24) is 34.8 Å². The van der Waals surface area contributed by atoms with E-state index in [1.807, 2.05) is 17.6 Å². The summed E-state index contributed by atoms with van der Waals surface area (Å²) in [6.45, 7) is 4.50. The van der Waals surface area contributed by atoms with Crippen LogP contribution in [0.2, 0.25) is 0 Å². The Bertz CT molecular complexity index is 1500. The van der Waals surface area contributed by atoms with Crippen LogP contribution in [0.25, 0.3) is 27.7 Å². The van der Waals surface area contributed by atoms with Crippen molar-refractivity contribution in [1.29, 1.82) is 0 Å². The van der Waals surface area contributed by atoms with Gasteiger partial charge >= 0.3 is 6.18 Å². The van der Waals surface area contributed by atoms with E-state index >= 15 is 0 Å². The third-order valence-electron chi connectivity index (χ3n) is 7.99. The number of hydrogen-bond donors (Lipinski definition) is 3. The Hall–Kier alpha value is -3.71. The number of carbonyl (C=O) groups is 1. The van der Waals surface area contributed by atoms with Crippen molar-refractivity contribution in [3.63, 3.8) is 0 Å². The van der Waals surface area contributed by atoms with Gasteiger partial charge in [0.1, 0.15) is 23.8 Å². The summed E-state index contributed by atoms with van der Waals surface area (Å²) >= 11 is 0. The van der Waals surface area contributed by atoms with Crippen LogP contribution in [0.4, 0.5) is 19.0 Å². The lowest BCUT2D eigenvalue weighted by atomic mass is 9.90. The van der Waals surface area contributed by atoms with E-state index in [1.54, 1.807) is 12.3 Å². The lowest BCUT2D eigenvalue weighted by molar-refractivity contribution is -0.149. The highest BCUT2D eigenvalue weighted by molar-refractivity contribution is 6.04. The molecule has 13 heteroatoms. The third kappa shape index (κ3) is 5.22. The molecule has 5 heterocycles. The number of rotatable bonds is 6. The number of amides is 1. The third-order valence-corrected chi connectivity index (χ3v) is 7.99. The lowest BCUT2D eigenvalue weighted by Gasteiger charge is -2.39. The van der Waals surface area contributed by atoms with Gasteiger partial charge in [0, 0.05) is 43.1 Å². The van der Waals surface area contributed by atoms with E-state index in [0.29, 0.717) is 17.2 Å². The van der Waals surface area contributed by atoms with Gasteiger partial charge in [0.2, 0.25) is 0 Å². The molecule has 1 aliphatic heterocycles. The monoisotopic (exact) mass is 556 g/mol. The first kappa shape index (κ1) is 26.5. The van der Waals surface area contributed by atoms with Crippen molar-refractivity contribution in [3.05, 3.63) is 42.6 Å². The van der Waals surface area contributed by atoms with Crippen molar-refractivity contribution in [2.75, 3.05) is 31.6 Å². The number of aromatic nitrogens is 5. The lowest BCUT2D eigenvalue weighted by Crippen LogP contribution is -2.46. The van der Waals surface area contributed by atoms with Gasteiger partial charge in [-0.3, -0.25) is 9.69 Å². The summed E-state index contributed by atoms with van der Waals surface area (Å²) < 4.78 is 46.0. The van der Waals surface area contributed by atoms with E-state index in [0.717, 1.165) is 81.2 Å². The predicted octanol–water partition coefficient (Wildman–Crippen LogP) is 4.01. The smallest absolute Gasteiger partial charge is 0.379 e. The highest BCUT2D eigenvalue weighted by Gasteiger charge is 2.37. The second kappa shape index (κ2) is 10.7. The molecule has 1 amide bonds. The number of fused-ring (bicyclic) bond motifs is 2. The number of morpholine rings is 1. The first-order valence-corrected chi connectivity index (χ1v) is 13.5. The molecule has 0 spiro atoms. The van der Waals surface area contributed by atoms with Crippen LogP contribution >= 0.6 is 0 Å². The van der Waals surface area contributed by atoms with Gasteiger partial charge in [-0.1, -0.05) is 0 Å². The van der Waals surface area contributed by atoms with Gasteiger partial charge in [-0.25, -0.2) is 14.5 Å². The highest BCUT2D eigenvalue weighted by atomic mass is 19.4. The summed E-state index contributed by atoms with van der Waals surface area (Å²) in [5.74, 6) is -0.115. The number of anilines is 1. The number of alkyl halides is 3. The van der Waals surface area contributed by atoms with Crippen LogP contribution in [-0.4, -0.2) is 86.0 Å². The van der Waals surface area contributed by atoms with Gasteiger partial charge in [-0.15, -0.1) is 0 Å². The molecule has 0 radical (unpaired) electrons. The van der Waals surface area contributed by atoms with Gasteiger partial charge < -0.3 is 20.4 Å². The molecule has 2 fully saturated rings. The summed E-state index contributed by atoms with van der Waals surface area (Å²) in [5.41, 5.74) is 2.70. The molecule has 40 heavy (non-hydrogen) atoms. The predicted molar refractivity (Wildman–Crippen MR) is 143 cm³/mol.